The van der Waals surface area contributed by atoms with Crippen molar-refractivity contribution in [2.24, 2.45) is 16.6 Å². The SMILES string of the molecule is CC(=O)NC1CCC(C(=O)c2cccc(CN3C(=O)C(c4ccccc4)(c4ccccc4)N=C3N)c2)C1. The Morgan fingerprint density at radius 2 is 1.62 bits per heavy atom. The van der Waals surface area contributed by atoms with E-state index >= 15 is 0 Å². The van der Waals surface area contributed by atoms with Gasteiger partial charge in [-0.1, -0.05) is 78.9 Å². The highest BCUT2D eigenvalue weighted by atomic mass is 16.2. The lowest BCUT2D eigenvalue weighted by Crippen LogP contribution is -2.43. The fourth-order valence-electron chi connectivity index (χ4n) is 5.51. The van der Waals surface area contributed by atoms with Gasteiger partial charge >= 0.3 is 0 Å². The zero-order chi connectivity index (χ0) is 26.0. The smallest absolute Gasteiger partial charge is 0.266 e. The monoisotopic (exact) mass is 494 g/mol. The number of nitrogens with two attached hydrogens (primary N) is 1. The van der Waals surface area contributed by atoms with Crippen molar-refractivity contribution >= 4 is 23.6 Å². The summed E-state index contributed by atoms with van der Waals surface area (Å²) in [6.07, 6.45) is 2.18. The minimum absolute atomic E-state index is 0.0389. The van der Waals surface area contributed by atoms with Crippen LogP contribution in [-0.2, 0) is 21.7 Å². The molecule has 0 bridgehead atoms. The maximum Gasteiger partial charge on any atom is 0.266 e. The highest BCUT2D eigenvalue weighted by Crippen LogP contribution is 2.40. The molecule has 7 nitrogen and oxygen atoms in total. The molecule has 3 aromatic carbocycles. The van der Waals surface area contributed by atoms with Crippen LogP contribution < -0.4 is 11.1 Å². The summed E-state index contributed by atoms with van der Waals surface area (Å²) in [7, 11) is 0. The summed E-state index contributed by atoms with van der Waals surface area (Å²) in [6, 6.07) is 26.3. The summed E-state index contributed by atoms with van der Waals surface area (Å²) in [6.45, 7) is 1.70. The topological polar surface area (TPSA) is 105 Å². The molecule has 3 aromatic rings. The maximum absolute atomic E-state index is 14.0. The molecule has 0 spiro atoms. The number of carbonyl (C=O) groups is 3. The summed E-state index contributed by atoms with van der Waals surface area (Å²) in [4.78, 5) is 44.9. The molecule has 1 aliphatic carbocycles. The van der Waals surface area contributed by atoms with E-state index < -0.39 is 5.54 Å². The highest BCUT2D eigenvalue weighted by Gasteiger charge is 2.50. The average Bonchev–Trinajstić information content (AvgIpc) is 3.47. The Morgan fingerprint density at radius 1 is 0.973 bits per heavy atom. The third kappa shape index (κ3) is 4.65. The Kier molecular flexibility index (Phi) is 6.61. The number of Topliss-reactive ketones (excluding diaryl/α,β-unsaturated/α-hetero) is 1. The van der Waals surface area contributed by atoms with Crippen molar-refractivity contribution in [2.45, 2.75) is 44.3 Å². The fourth-order valence-corrected chi connectivity index (χ4v) is 5.51. The molecule has 188 valence electrons. The lowest BCUT2D eigenvalue weighted by atomic mass is 9.83. The van der Waals surface area contributed by atoms with Crippen LogP contribution in [0.3, 0.4) is 0 Å². The first kappa shape index (κ1) is 24.4. The summed E-state index contributed by atoms with van der Waals surface area (Å²) >= 11 is 0. The van der Waals surface area contributed by atoms with Crippen LogP contribution in [0.5, 0.6) is 0 Å². The number of nitrogens with zero attached hydrogens (tertiary/aromatic N) is 2. The van der Waals surface area contributed by atoms with Gasteiger partial charge in [-0.15, -0.1) is 0 Å². The van der Waals surface area contributed by atoms with E-state index in [9.17, 15) is 14.4 Å². The van der Waals surface area contributed by atoms with Crippen molar-refractivity contribution in [2.75, 3.05) is 0 Å². The molecule has 2 aliphatic rings. The first-order chi connectivity index (χ1) is 17.9. The van der Waals surface area contributed by atoms with Gasteiger partial charge in [-0.2, -0.15) is 0 Å². The third-order valence-electron chi connectivity index (χ3n) is 7.26. The lowest BCUT2D eigenvalue weighted by molar-refractivity contribution is -0.130. The van der Waals surface area contributed by atoms with Crippen molar-refractivity contribution in [1.82, 2.24) is 10.2 Å². The van der Waals surface area contributed by atoms with Gasteiger partial charge in [0.05, 0.1) is 6.54 Å². The molecule has 2 unspecified atom stereocenters. The lowest BCUT2D eigenvalue weighted by Gasteiger charge is -2.27. The number of guanidine groups is 1. The largest absolute Gasteiger partial charge is 0.369 e. The van der Waals surface area contributed by atoms with E-state index in [0.29, 0.717) is 12.0 Å². The zero-order valence-electron chi connectivity index (χ0n) is 20.8. The van der Waals surface area contributed by atoms with Crippen LogP contribution in [0.25, 0.3) is 0 Å². The van der Waals surface area contributed by atoms with Gasteiger partial charge in [-0.25, -0.2) is 4.99 Å². The molecule has 1 saturated carbocycles. The van der Waals surface area contributed by atoms with E-state index in [0.717, 1.165) is 29.5 Å². The Bertz CT molecular complexity index is 1310. The Balaban J connectivity index is 1.39. The van der Waals surface area contributed by atoms with E-state index in [-0.39, 0.29) is 42.1 Å². The van der Waals surface area contributed by atoms with Crippen molar-refractivity contribution in [1.29, 1.82) is 0 Å². The van der Waals surface area contributed by atoms with Crippen molar-refractivity contribution in [3.8, 4) is 0 Å². The van der Waals surface area contributed by atoms with E-state index in [1.54, 1.807) is 6.07 Å². The molecule has 5 rings (SSSR count). The molecule has 37 heavy (non-hydrogen) atoms. The van der Waals surface area contributed by atoms with Crippen LogP contribution in [0.2, 0.25) is 0 Å². The van der Waals surface area contributed by atoms with Gasteiger partial charge < -0.3 is 11.1 Å². The normalized spacial score (nSPS) is 20.5. The standard InChI is InChI=1S/C30H30N4O3/c1-20(35)32-26-16-15-23(18-26)27(36)22-10-8-9-21(17-22)19-34-28(37)30(33-29(34)31,24-11-4-2-5-12-24)25-13-6-3-7-14-25/h2-14,17,23,26H,15-16,18-19H2,1H3,(H2,31,33)(H,32,35). The summed E-state index contributed by atoms with van der Waals surface area (Å²) in [5.74, 6) is -0.226. The molecule has 1 aliphatic heterocycles. The number of amides is 2. The number of nitrogens with one attached hydrogen (secondary N) is 1. The second-order valence-corrected chi connectivity index (χ2v) is 9.78. The average molecular weight is 495 g/mol. The van der Waals surface area contributed by atoms with Crippen molar-refractivity contribution in [3.05, 3.63) is 107 Å². The number of aliphatic imine (C=N–C) groups is 1. The summed E-state index contributed by atoms with van der Waals surface area (Å²) in [5, 5.41) is 2.92. The molecule has 0 saturated heterocycles. The van der Waals surface area contributed by atoms with Crippen molar-refractivity contribution < 1.29 is 14.4 Å². The predicted molar refractivity (Wildman–Crippen MR) is 142 cm³/mol. The second-order valence-electron chi connectivity index (χ2n) is 9.78. The zero-order valence-corrected chi connectivity index (χ0v) is 20.8. The Morgan fingerprint density at radius 3 is 2.24 bits per heavy atom. The predicted octanol–water partition coefficient (Wildman–Crippen LogP) is 3.77. The summed E-state index contributed by atoms with van der Waals surface area (Å²) in [5.41, 5.74) is 8.00. The highest BCUT2D eigenvalue weighted by molar-refractivity contribution is 6.09. The fraction of sp³-hybridized carbons (Fsp3) is 0.267. The van der Waals surface area contributed by atoms with Crippen LogP contribution in [-0.4, -0.2) is 34.5 Å². The van der Waals surface area contributed by atoms with Gasteiger partial charge in [0.25, 0.3) is 5.91 Å². The van der Waals surface area contributed by atoms with Crippen LogP contribution >= 0.6 is 0 Å². The first-order valence-electron chi connectivity index (χ1n) is 12.6. The van der Waals surface area contributed by atoms with Crippen LogP contribution in [0, 0.1) is 5.92 Å². The van der Waals surface area contributed by atoms with E-state index in [4.69, 9.17) is 10.7 Å². The van der Waals surface area contributed by atoms with E-state index in [1.807, 2.05) is 78.9 Å². The van der Waals surface area contributed by atoms with Crippen LogP contribution in [0.1, 0.15) is 53.2 Å². The molecule has 2 amide bonds. The molecule has 2 atom stereocenters. The first-order valence-corrected chi connectivity index (χ1v) is 12.6. The van der Waals surface area contributed by atoms with Crippen LogP contribution in [0.15, 0.2) is 89.9 Å². The second kappa shape index (κ2) is 10.0. The number of ketones is 1. The quantitative estimate of drug-likeness (QED) is 0.488. The molecule has 0 radical (unpaired) electrons. The number of carbonyl (C=O) groups excluding carboxylic acids is 3. The van der Waals surface area contributed by atoms with Gasteiger partial charge in [0.1, 0.15) is 0 Å². The maximum atomic E-state index is 14.0. The Hall–Kier alpha value is -4.26. The minimum atomic E-state index is -1.26. The number of benzene rings is 3. The molecule has 3 N–H and O–H groups in total. The molecule has 1 heterocycles. The molecule has 7 heteroatoms. The molecule has 0 aromatic heterocycles. The van der Waals surface area contributed by atoms with Gasteiger partial charge in [-0.05, 0) is 42.0 Å². The van der Waals surface area contributed by atoms with Crippen LogP contribution in [0.4, 0.5) is 0 Å². The van der Waals surface area contributed by atoms with Gasteiger partial charge in [-0.3, -0.25) is 19.3 Å². The number of hydrogen-bond acceptors (Lipinski definition) is 5. The minimum Gasteiger partial charge on any atom is -0.369 e. The molecular formula is C30H30N4O3. The van der Waals surface area contributed by atoms with E-state index in [1.165, 1.54) is 11.8 Å². The third-order valence-corrected chi connectivity index (χ3v) is 7.26. The summed E-state index contributed by atoms with van der Waals surface area (Å²) < 4.78 is 0. The van der Waals surface area contributed by atoms with Gasteiger partial charge in [0, 0.05) is 24.4 Å². The van der Waals surface area contributed by atoms with Gasteiger partial charge in [0.2, 0.25) is 5.91 Å². The number of hydrogen-bond donors (Lipinski definition) is 2. The molecular weight excluding hydrogens is 464 g/mol. The van der Waals surface area contributed by atoms with Crippen molar-refractivity contribution in [3.63, 3.8) is 0 Å². The van der Waals surface area contributed by atoms with E-state index in [2.05, 4.69) is 5.32 Å². The number of rotatable bonds is 7. The van der Waals surface area contributed by atoms with Gasteiger partial charge in [0.15, 0.2) is 17.3 Å². The Labute approximate surface area is 216 Å². The molecule has 1 fully saturated rings.